The fourth-order valence-electron chi connectivity index (χ4n) is 4.54. The Morgan fingerprint density at radius 2 is 1.46 bits per heavy atom. The SMILES string of the molecule is COC(=O)C1(NC(=O)[C@H](CC(C)C)NC(=O)OC(C)(C)C)Cc2ccccc2-c2ccccc2C1. The van der Waals surface area contributed by atoms with Crippen LogP contribution in [0.3, 0.4) is 0 Å². The third kappa shape index (κ3) is 6.41. The van der Waals surface area contributed by atoms with Crippen molar-refractivity contribution in [3.63, 3.8) is 0 Å². The van der Waals surface area contributed by atoms with Gasteiger partial charge in [0.25, 0.3) is 0 Å². The van der Waals surface area contributed by atoms with Crippen molar-refractivity contribution in [1.29, 1.82) is 0 Å². The highest BCUT2D eigenvalue weighted by atomic mass is 16.6. The van der Waals surface area contributed by atoms with E-state index >= 15 is 0 Å². The number of hydrogen-bond acceptors (Lipinski definition) is 5. The molecule has 0 aliphatic heterocycles. The molecule has 2 amide bonds. The summed E-state index contributed by atoms with van der Waals surface area (Å²) in [7, 11) is 1.32. The van der Waals surface area contributed by atoms with E-state index in [4.69, 9.17) is 9.47 Å². The van der Waals surface area contributed by atoms with Crippen LogP contribution in [0.4, 0.5) is 4.79 Å². The molecule has 2 aromatic rings. The highest BCUT2D eigenvalue weighted by molar-refractivity contribution is 5.93. The van der Waals surface area contributed by atoms with Gasteiger partial charge < -0.3 is 20.1 Å². The van der Waals surface area contributed by atoms with Crippen molar-refractivity contribution in [3.8, 4) is 11.1 Å². The lowest BCUT2D eigenvalue weighted by Crippen LogP contribution is -2.62. The number of nitrogens with one attached hydrogen (secondary N) is 2. The fourth-order valence-corrected chi connectivity index (χ4v) is 4.54. The van der Waals surface area contributed by atoms with Gasteiger partial charge in [0.1, 0.15) is 17.2 Å². The minimum absolute atomic E-state index is 0.116. The summed E-state index contributed by atoms with van der Waals surface area (Å²) in [6.45, 7) is 9.21. The van der Waals surface area contributed by atoms with Crippen molar-refractivity contribution >= 4 is 18.0 Å². The summed E-state index contributed by atoms with van der Waals surface area (Å²) >= 11 is 0. The summed E-state index contributed by atoms with van der Waals surface area (Å²) in [5, 5.41) is 5.69. The van der Waals surface area contributed by atoms with Gasteiger partial charge in [0, 0.05) is 12.8 Å². The predicted molar refractivity (Wildman–Crippen MR) is 135 cm³/mol. The zero-order valence-electron chi connectivity index (χ0n) is 21.4. The number of amides is 2. The highest BCUT2D eigenvalue weighted by Crippen LogP contribution is 2.36. The first-order valence-corrected chi connectivity index (χ1v) is 12.0. The topological polar surface area (TPSA) is 93.7 Å². The van der Waals surface area contributed by atoms with Crippen LogP contribution in [0.15, 0.2) is 48.5 Å². The van der Waals surface area contributed by atoms with Gasteiger partial charge in [0.2, 0.25) is 5.91 Å². The van der Waals surface area contributed by atoms with Crippen LogP contribution in [0, 0.1) is 5.92 Å². The highest BCUT2D eigenvalue weighted by Gasteiger charge is 2.45. The van der Waals surface area contributed by atoms with Gasteiger partial charge in [-0.1, -0.05) is 62.4 Å². The largest absolute Gasteiger partial charge is 0.467 e. The number of alkyl carbamates (subject to hydrolysis) is 1. The molecular formula is C28H36N2O5. The molecule has 1 aliphatic rings. The second-order valence-corrected chi connectivity index (χ2v) is 10.6. The quantitative estimate of drug-likeness (QED) is 0.597. The maximum absolute atomic E-state index is 13.6. The minimum Gasteiger partial charge on any atom is -0.467 e. The number of hydrogen-bond donors (Lipinski definition) is 2. The summed E-state index contributed by atoms with van der Waals surface area (Å²) in [6, 6.07) is 14.9. The molecule has 7 heteroatoms. The molecule has 0 aromatic heterocycles. The van der Waals surface area contributed by atoms with E-state index in [0.29, 0.717) is 6.42 Å². The molecule has 2 aromatic carbocycles. The van der Waals surface area contributed by atoms with Crippen LogP contribution in [0.25, 0.3) is 11.1 Å². The van der Waals surface area contributed by atoms with Gasteiger partial charge in [-0.15, -0.1) is 0 Å². The first-order chi connectivity index (χ1) is 16.4. The van der Waals surface area contributed by atoms with Crippen LogP contribution < -0.4 is 10.6 Å². The van der Waals surface area contributed by atoms with Gasteiger partial charge in [0.05, 0.1) is 7.11 Å². The Hall–Kier alpha value is -3.35. The number of carbonyl (C=O) groups excluding carboxylic acids is 3. The van der Waals surface area contributed by atoms with Crippen LogP contribution in [0.1, 0.15) is 52.2 Å². The van der Waals surface area contributed by atoms with Crippen molar-refractivity contribution < 1.29 is 23.9 Å². The Labute approximate surface area is 207 Å². The number of ether oxygens (including phenoxy) is 2. The van der Waals surface area contributed by atoms with Crippen molar-refractivity contribution in [2.24, 2.45) is 5.92 Å². The van der Waals surface area contributed by atoms with E-state index in [1.807, 2.05) is 62.4 Å². The first-order valence-electron chi connectivity index (χ1n) is 12.0. The first kappa shape index (κ1) is 26.3. The van der Waals surface area contributed by atoms with Crippen LogP contribution >= 0.6 is 0 Å². The lowest BCUT2D eigenvalue weighted by atomic mass is 9.85. The standard InChI is InChI=1S/C28H36N2O5/c1-18(2)15-23(29-26(33)35-27(3,4)5)24(31)30-28(25(32)34-6)16-19-11-7-9-13-21(19)22-14-10-8-12-20(22)17-28/h7-14,18,23H,15-17H2,1-6H3,(H,29,33)(H,30,31)/t23-/m0/s1. The summed E-state index contributed by atoms with van der Waals surface area (Å²) in [5.41, 5.74) is 1.87. The molecule has 0 unspecified atom stereocenters. The maximum Gasteiger partial charge on any atom is 0.408 e. The van der Waals surface area contributed by atoms with Crippen LogP contribution in [-0.4, -0.2) is 42.3 Å². The molecule has 0 saturated carbocycles. The molecule has 0 saturated heterocycles. The number of carbonyl (C=O) groups is 3. The monoisotopic (exact) mass is 480 g/mol. The third-order valence-electron chi connectivity index (χ3n) is 5.96. The zero-order valence-corrected chi connectivity index (χ0v) is 21.4. The Morgan fingerprint density at radius 1 is 0.943 bits per heavy atom. The Balaban J connectivity index is 1.99. The van der Waals surface area contributed by atoms with Crippen LogP contribution in [0.5, 0.6) is 0 Å². The predicted octanol–water partition coefficient (Wildman–Crippen LogP) is 4.42. The molecule has 0 bridgehead atoms. The van der Waals surface area contributed by atoms with E-state index in [1.54, 1.807) is 20.8 Å². The number of methoxy groups -OCH3 is 1. The van der Waals surface area contributed by atoms with Gasteiger partial charge in [0.15, 0.2) is 0 Å². The zero-order chi connectivity index (χ0) is 25.8. The molecule has 0 fully saturated rings. The van der Waals surface area contributed by atoms with Gasteiger partial charge in [-0.05, 0) is 55.4 Å². The van der Waals surface area contributed by atoms with Crippen LogP contribution in [-0.2, 0) is 31.9 Å². The number of fused-ring (bicyclic) bond motifs is 3. The molecule has 35 heavy (non-hydrogen) atoms. The number of rotatable bonds is 6. The summed E-state index contributed by atoms with van der Waals surface area (Å²) < 4.78 is 10.6. The Bertz CT molecular complexity index is 1040. The van der Waals surface area contributed by atoms with Crippen LogP contribution in [0.2, 0.25) is 0 Å². The lowest BCUT2D eigenvalue weighted by molar-refractivity contribution is -0.151. The van der Waals surface area contributed by atoms with E-state index < -0.39 is 35.2 Å². The third-order valence-corrected chi connectivity index (χ3v) is 5.96. The molecule has 0 heterocycles. The van der Waals surface area contributed by atoms with Crippen molar-refractivity contribution in [1.82, 2.24) is 10.6 Å². The van der Waals surface area contributed by atoms with E-state index in [2.05, 4.69) is 10.6 Å². The molecule has 0 radical (unpaired) electrons. The normalized spacial score (nSPS) is 15.2. The lowest BCUT2D eigenvalue weighted by Gasteiger charge is -2.33. The van der Waals surface area contributed by atoms with Crippen molar-refractivity contribution in [3.05, 3.63) is 59.7 Å². The number of esters is 1. The molecule has 1 aliphatic carbocycles. The van der Waals surface area contributed by atoms with E-state index in [-0.39, 0.29) is 18.8 Å². The number of benzene rings is 2. The molecule has 1 atom stereocenters. The van der Waals surface area contributed by atoms with Gasteiger partial charge in [-0.2, -0.15) is 0 Å². The fraction of sp³-hybridized carbons (Fsp3) is 0.464. The van der Waals surface area contributed by atoms with E-state index in [0.717, 1.165) is 22.3 Å². The Morgan fingerprint density at radius 3 is 1.91 bits per heavy atom. The molecular weight excluding hydrogens is 444 g/mol. The minimum atomic E-state index is -1.33. The summed E-state index contributed by atoms with van der Waals surface area (Å²) in [4.78, 5) is 39.4. The smallest absolute Gasteiger partial charge is 0.408 e. The summed E-state index contributed by atoms with van der Waals surface area (Å²) in [5.74, 6) is -0.866. The molecule has 7 nitrogen and oxygen atoms in total. The van der Waals surface area contributed by atoms with Gasteiger partial charge in [-0.3, -0.25) is 4.79 Å². The second kappa shape index (κ2) is 10.5. The van der Waals surface area contributed by atoms with Crippen molar-refractivity contribution in [2.75, 3.05) is 7.11 Å². The average molecular weight is 481 g/mol. The van der Waals surface area contributed by atoms with Gasteiger partial charge >= 0.3 is 12.1 Å². The average Bonchev–Trinajstić information content (AvgIpc) is 2.91. The second-order valence-electron chi connectivity index (χ2n) is 10.6. The van der Waals surface area contributed by atoms with Gasteiger partial charge in [-0.25, -0.2) is 9.59 Å². The summed E-state index contributed by atoms with van der Waals surface area (Å²) in [6.07, 6.45) is 0.228. The maximum atomic E-state index is 13.6. The van der Waals surface area contributed by atoms with Crippen molar-refractivity contribution in [2.45, 2.75) is 71.1 Å². The molecule has 2 N–H and O–H groups in total. The van der Waals surface area contributed by atoms with E-state index in [1.165, 1.54) is 7.11 Å². The van der Waals surface area contributed by atoms with E-state index in [9.17, 15) is 14.4 Å². The Kier molecular flexibility index (Phi) is 7.88. The molecule has 0 spiro atoms. The molecule has 188 valence electrons. The molecule has 3 rings (SSSR count).